The molecule has 6 nitrogen and oxygen atoms in total. The minimum Gasteiger partial charge on any atom is -0.379 e. The van der Waals surface area contributed by atoms with Gasteiger partial charge in [-0.1, -0.05) is 30.3 Å². The Bertz CT molecular complexity index is 885. The Hall–Kier alpha value is -2.35. The van der Waals surface area contributed by atoms with Gasteiger partial charge in [0.2, 0.25) is 5.91 Å². The van der Waals surface area contributed by atoms with Gasteiger partial charge in [0.15, 0.2) is 0 Å². The largest absolute Gasteiger partial charge is 0.379 e. The zero-order valence-electron chi connectivity index (χ0n) is 17.0. The van der Waals surface area contributed by atoms with Crippen LogP contribution in [0.15, 0.2) is 53.4 Å². The molecule has 0 saturated carbocycles. The molecule has 0 bridgehead atoms. The van der Waals surface area contributed by atoms with Crippen LogP contribution in [0.4, 0.5) is 5.69 Å². The van der Waals surface area contributed by atoms with E-state index in [1.807, 2.05) is 48.5 Å². The van der Waals surface area contributed by atoms with Crippen LogP contribution in [0.25, 0.3) is 0 Å². The van der Waals surface area contributed by atoms with Crippen LogP contribution in [-0.2, 0) is 16.1 Å². The van der Waals surface area contributed by atoms with E-state index in [4.69, 9.17) is 4.74 Å². The van der Waals surface area contributed by atoms with Gasteiger partial charge in [0.1, 0.15) is 0 Å². The zero-order valence-corrected chi connectivity index (χ0v) is 17.8. The Kier molecular flexibility index (Phi) is 7.04. The molecule has 1 fully saturated rings. The summed E-state index contributed by atoms with van der Waals surface area (Å²) >= 11 is 1.53. The third-order valence-electron chi connectivity index (χ3n) is 5.39. The normalized spacial score (nSPS) is 16.9. The topological polar surface area (TPSA) is 61.9 Å². The lowest BCUT2D eigenvalue weighted by atomic mass is 10.1. The fourth-order valence-corrected chi connectivity index (χ4v) is 4.63. The summed E-state index contributed by atoms with van der Waals surface area (Å²) in [5.74, 6) is 0.397. The highest BCUT2D eigenvalue weighted by Gasteiger charge is 2.26. The summed E-state index contributed by atoms with van der Waals surface area (Å²) in [6.45, 7) is 5.61. The van der Waals surface area contributed by atoms with Crippen molar-refractivity contribution in [1.82, 2.24) is 10.2 Å². The number of carbonyl (C=O) groups excluding carboxylic acids is 2. The van der Waals surface area contributed by atoms with Crippen LogP contribution in [0.5, 0.6) is 0 Å². The molecule has 1 N–H and O–H groups in total. The van der Waals surface area contributed by atoms with E-state index in [2.05, 4.69) is 10.2 Å². The molecule has 30 heavy (non-hydrogen) atoms. The number of benzene rings is 2. The summed E-state index contributed by atoms with van der Waals surface area (Å²) in [7, 11) is 0. The lowest BCUT2D eigenvalue weighted by Gasteiger charge is -2.29. The van der Waals surface area contributed by atoms with Crippen molar-refractivity contribution in [3.63, 3.8) is 0 Å². The van der Waals surface area contributed by atoms with Crippen molar-refractivity contribution in [2.24, 2.45) is 0 Å². The van der Waals surface area contributed by atoms with Gasteiger partial charge in [0.05, 0.1) is 31.2 Å². The van der Waals surface area contributed by atoms with E-state index >= 15 is 0 Å². The summed E-state index contributed by atoms with van der Waals surface area (Å²) in [5.41, 5.74) is 2.48. The third kappa shape index (κ3) is 5.22. The van der Waals surface area contributed by atoms with Gasteiger partial charge < -0.3 is 15.0 Å². The molecule has 158 valence electrons. The number of nitrogens with one attached hydrogen (secondary N) is 1. The highest BCUT2D eigenvalue weighted by Crippen LogP contribution is 2.36. The van der Waals surface area contributed by atoms with E-state index in [0.29, 0.717) is 24.4 Å². The first-order valence-electron chi connectivity index (χ1n) is 10.4. The number of nitrogens with zero attached hydrogens (tertiary/aromatic N) is 2. The van der Waals surface area contributed by atoms with Crippen molar-refractivity contribution in [3.8, 4) is 0 Å². The van der Waals surface area contributed by atoms with Crippen LogP contribution < -0.4 is 10.2 Å². The van der Waals surface area contributed by atoms with Crippen LogP contribution >= 0.6 is 11.8 Å². The molecule has 2 aromatic rings. The maximum Gasteiger partial charge on any atom is 0.251 e. The predicted molar refractivity (Wildman–Crippen MR) is 119 cm³/mol. The van der Waals surface area contributed by atoms with Crippen LogP contribution in [-0.4, -0.2) is 61.9 Å². The zero-order chi connectivity index (χ0) is 20.8. The molecule has 2 heterocycles. The van der Waals surface area contributed by atoms with Gasteiger partial charge in [0.25, 0.3) is 5.91 Å². The number of hydrogen-bond acceptors (Lipinski definition) is 5. The van der Waals surface area contributed by atoms with E-state index < -0.39 is 0 Å². The summed E-state index contributed by atoms with van der Waals surface area (Å²) in [4.78, 5) is 30.5. The van der Waals surface area contributed by atoms with Crippen LogP contribution in [0, 0.1) is 0 Å². The Labute approximate surface area is 181 Å². The van der Waals surface area contributed by atoms with Crippen molar-refractivity contribution < 1.29 is 14.3 Å². The van der Waals surface area contributed by atoms with E-state index in [0.717, 1.165) is 55.4 Å². The minimum absolute atomic E-state index is 0.0689. The summed E-state index contributed by atoms with van der Waals surface area (Å²) < 4.78 is 5.36. The first kappa shape index (κ1) is 20.9. The lowest BCUT2D eigenvalue weighted by molar-refractivity contribution is -0.116. The molecule has 4 rings (SSSR count). The molecule has 2 amide bonds. The van der Waals surface area contributed by atoms with E-state index in [1.54, 1.807) is 4.90 Å². The van der Waals surface area contributed by atoms with Gasteiger partial charge in [-0.3, -0.25) is 14.5 Å². The van der Waals surface area contributed by atoms with Gasteiger partial charge in [-0.05, 0) is 36.7 Å². The SMILES string of the molecule is O=C(NCCCN1CCOCC1)c1ccc2c(c1)N(Cc1ccccc1)C(=O)CS2. The fraction of sp³-hybridized carbons (Fsp3) is 0.391. The summed E-state index contributed by atoms with van der Waals surface area (Å²) in [6, 6.07) is 15.6. The molecule has 7 heteroatoms. The van der Waals surface area contributed by atoms with E-state index in [1.165, 1.54) is 11.8 Å². The van der Waals surface area contributed by atoms with Crippen LogP contribution in [0.1, 0.15) is 22.3 Å². The van der Waals surface area contributed by atoms with Crippen LogP contribution in [0.3, 0.4) is 0 Å². The van der Waals surface area contributed by atoms with Crippen molar-refractivity contribution in [2.75, 3.05) is 50.0 Å². The van der Waals surface area contributed by atoms with Crippen LogP contribution in [0.2, 0.25) is 0 Å². The Balaban J connectivity index is 1.39. The molecule has 0 aliphatic carbocycles. The molecular weight excluding hydrogens is 398 g/mol. The first-order chi connectivity index (χ1) is 14.7. The number of carbonyl (C=O) groups is 2. The smallest absolute Gasteiger partial charge is 0.251 e. The second kappa shape index (κ2) is 10.1. The first-order valence-corrected chi connectivity index (χ1v) is 11.4. The number of morpholine rings is 1. The second-order valence-electron chi connectivity index (χ2n) is 7.50. The molecule has 0 radical (unpaired) electrons. The molecule has 1 saturated heterocycles. The number of amides is 2. The van der Waals surface area contributed by atoms with Gasteiger partial charge in [0, 0.05) is 30.1 Å². The number of ether oxygens (including phenoxy) is 1. The molecule has 0 aromatic heterocycles. The highest BCUT2D eigenvalue weighted by molar-refractivity contribution is 8.00. The quantitative estimate of drug-likeness (QED) is 0.692. The van der Waals surface area contributed by atoms with Crippen molar-refractivity contribution in [2.45, 2.75) is 17.9 Å². The maximum absolute atomic E-state index is 12.7. The summed E-state index contributed by atoms with van der Waals surface area (Å²) in [5, 5.41) is 3.01. The maximum atomic E-state index is 12.7. The van der Waals surface area contributed by atoms with E-state index in [-0.39, 0.29) is 11.8 Å². The predicted octanol–water partition coefficient (Wildman–Crippen LogP) is 2.78. The average molecular weight is 426 g/mol. The molecular formula is C23H27N3O3S. The minimum atomic E-state index is -0.0949. The molecule has 2 aliphatic heterocycles. The Morgan fingerprint density at radius 1 is 1.10 bits per heavy atom. The summed E-state index contributed by atoms with van der Waals surface area (Å²) in [6.07, 6.45) is 0.908. The van der Waals surface area contributed by atoms with Gasteiger partial charge in [-0.25, -0.2) is 0 Å². The van der Waals surface area contributed by atoms with Crippen molar-refractivity contribution >= 4 is 29.3 Å². The van der Waals surface area contributed by atoms with E-state index in [9.17, 15) is 9.59 Å². The lowest BCUT2D eigenvalue weighted by Crippen LogP contribution is -2.38. The average Bonchev–Trinajstić information content (AvgIpc) is 2.79. The highest BCUT2D eigenvalue weighted by atomic mass is 32.2. The number of anilines is 1. The number of fused-ring (bicyclic) bond motifs is 1. The molecule has 2 aliphatic rings. The van der Waals surface area contributed by atoms with Gasteiger partial charge in [-0.15, -0.1) is 11.8 Å². The van der Waals surface area contributed by atoms with Crippen molar-refractivity contribution in [3.05, 3.63) is 59.7 Å². The second-order valence-corrected chi connectivity index (χ2v) is 8.52. The van der Waals surface area contributed by atoms with Crippen molar-refractivity contribution in [1.29, 1.82) is 0 Å². The molecule has 2 aromatic carbocycles. The third-order valence-corrected chi connectivity index (χ3v) is 6.44. The Morgan fingerprint density at radius 2 is 1.90 bits per heavy atom. The molecule has 0 atom stereocenters. The fourth-order valence-electron chi connectivity index (χ4n) is 3.71. The standard InChI is InChI=1S/C23H27N3O3S/c27-22-17-30-21-8-7-19(15-20(21)26(22)16-18-5-2-1-3-6-18)23(28)24-9-4-10-25-11-13-29-14-12-25/h1-3,5-8,15H,4,9-14,16-17H2,(H,24,28). The number of thioether (sulfide) groups is 1. The molecule has 0 spiro atoms. The number of rotatable bonds is 7. The monoisotopic (exact) mass is 425 g/mol. The van der Waals surface area contributed by atoms with Gasteiger partial charge >= 0.3 is 0 Å². The molecule has 0 unspecified atom stereocenters. The van der Waals surface area contributed by atoms with Gasteiger partial charge in [-0.2, -0.15) is 0 Å². The number of hydrogen-bond donors (Lipinski definition) is 1. The Morgan fingerprint density at radius 3 is 2.70 bits per heavy atom.